The van der Waals surface area contributed by atoms with Crippen LogP contribution in [-0.4, -0.2) is 37.9 Å². The molecule has 0 saturated carbocycles. The molecule has 0 aliphatic carbocycles. The molecule has 1 aliphatic heterocycles. The lowest BCUT2D eigenvalue weighted by molar-refractivity contribution is -0.137. The monoisotopic (exact) mass is 524 g/mol. The lowest BCUT2D eigenvalue weighted by Crippen LogP contribution is -2.31. The maximum atomic E-state index is 14.2. The van der Waals surface area contributed by atoms with Crippen molar-refractivity contribution in [2.75, 3.05) is 18.2 Å². The molecule has 2 aromatic carbocycles. The Hall–Kier alpha value is -3.18. The van der Waals surface area contributed by atoms with Crippen LogP contribution in [0, 0.1) is 12.7 Å². The number of hydrogen-bond acceptors (Lipinski definition) is 4. The molecule has 1 amide bonds. The van der Waals surface area contributed by atoms with Gasteiger partial charge in [0.25, 0.3) is 0 Å². The molecule has 192 valence electrons. The molecule has 1 atom stereocenters. The predicted molar refractivity (Wildman–Crippen MR) is 126 cm³/mol. The smallest absolute Gasteiger partial charge is 0.376 e. The number of rotatable bonds is 7. The summed E-state index contributed by atoms with van der Waals surface area (Å²) in [6.45, 7) is 2.58. The van der Waals surface area contributed by atoms with Crippen LogP contribution in [0.2, 0.25) is 0 Å². The number of ether oxygens (including phenoxy) is 1. The lowest BCUT2D eigenvalue weighted by atomic mass is 9.99. The van der Waals surface area contributed by atoms with Gasteiger partial charge in [0.15, 0.2) is 9.84 Å². The van der Waals surface area contributed by atoms with E-state index in [4.69, 9.17) is 4.74 Å². The molecule has 11 heteroatoms. The van der Waals surface area contributed by atoms with E-state index in [-0.39, 0.29) is 23.8 Å². The summed E-state index contributed by atoms with van der Waals surface area (Å²) in [5.41, 5.74) is 0.662. The van der Waals surface area contributed by atoms with Gasteiger partial charge in [-0.05, 0) is 48.7 Å². The molecule has 1 saturated heterocycles. The molecule has 2 heterocycles. The quantitative estimate of drug-likeness (QED) is 0.442. The average molecular weight is 525 g/mol. The number of aromatic nitrogens is 1. The summed E-state index contributed by atoms with van der Waals surface area (Å²) in [7, 11) is -3.76. The van der Waals surface area contributed by atoms with Crippen LogP contribution in [-0.2, 0) is 38.5 Å². The van der Waals surface area contributed by atoms with E-state index in [1.54, 1.807) is 17.7 Å². The molecule has 0 radical (unpaired) electrons. The normalized spacial score (nSPS) is 16.0. The molecular formula is C25H24F4N2O4S. The van der Waals surface area contributed by atoms with Crippen LogP contribution in [0.5, 0.6) is 0 Å². The van der Waals surface area contributed by atoms with Crippen LogP contribution in [0.4, 0.5) is 23.2 Å². The first kappa shape index (κ1) is 25.9. The Bertz CT molecular complexity index is 1410. The van der Waals surface area contributed by atoms with Gasteiger partial charge in [-0.3, -0.25) is 4.79 Å². The molecule has 1 fully saturated rings. The number of anilines is 1. The Morgan fingerprint density at radius 2 is 1.89 bits per heavy atom. The Labute approximate surface area is 205 Å². The topological polar surface area (TPSA) is 77.4 Å². The first-order valence-corrected chi connectivity index (χ1v) is 13.0. The number of benzene rings is 2. The molecule has 6 nitrogen and oxygen atoms in total. The summed E-state index contributed by atoms with van der Waals surface area (Å²) < 4.78 is 85.8. The molecule has 36 heavy (non-hydrogen) atoms. The number of halogens is 4. The first-order valence-electron chi connectivity index (χ1n) is 11.1. The van der Waals surface area contributed by atoms with Crippen molar-refractivity contribution in [1.82, 2.24) is 4.57 Å². The number of amides is 1. The van der Waals surface area contributed by atoms with Crippen LogP contribution >= 0.6 is 0 Å². The van der Waals surface area contributed by atoms with Crippen molar-refractivity contribution in [1.29, 1.82) is 0 Å². The molecule has 1 aromatic heterocycles. The van der Waals surface area contributed by atoms with E-state index < -0.39 is 38.2 Å². The molecule has 1 aliphatic rings. The number of sulfone groups is 1. The van der Waals surface area contributed by atoms with Crippen molar-refractivity contribution in [3.8, 4) is 11.3 Å². The van der Waals surface area contributed by atoms with Crippen molar-refractivity contribution in [3.05, 3.63) is 71.2 Å². The van der Waals surface area contributed by atoms with Gasteiger partial charge in [-0.15, -0.1) is 0 Å². The van der Waals surface area contributed by atoms with E-state index in [9.17, 15) is 30.8 Å². The van der Waals surface area contributed by atoms with Crippen molar-refractivity contribution in [2.45, 2.75) is 43.5 Å². The van der Waals surface area contributed by atoms with Gasteiger partial charge in [-0.2, -0.15) is 13.2 Å². The number of carbonyl (C=O) groups excluding carboxylic acids is 1. The summed E-state index contributed by atoms with van der Waals surface area (Å²) >= 11 is 0. The van der Waals surface area contributed by atoms with Gasteiger partial charge in [0.1, 0.15) is 10.7 Å². The average Bonchev–Trinajstić information content (AvgIpc) is 3.03. The van der Waals surface area contributed by atoms with Crippen LogP contribution in [0.3, 0.4) is 0 Å². The number of hydrogen-bond donors (Lipinski definition) is 1. The fourth-order valence-electron chi connectivity index (χ4n) is 4.24. The summed E-state index contributed by atoms with van der Waals surface area (Å²) in [6, 6.07) is 8.52. The van der Waals surface area contributed by atoms with Gasteiger partial charge in [-0.25, -0.2) is 12.8 Å². The second-order valence-electron chi connectivity index (χ2n) is 8.75. The number of alkyl halides is 3. The Kier molecular flexibility index (Phi) is 6.98. The van der Waals surface area contributed by atoms with Crippen LogP contribution in [0.1, 0.15) is 23.1 Å². The van der Waals surface area contributed by atoms with E-state index >= 15 is 0 Å². The minimum Gasteiger partial charge on any atom is -0.376 e. The zero-order valence-corrected chi connectivity index (χ0v) is 20.3. The zero-order valence-electron chi connectivity index (χ0n) is 19.5. The third kappa shape index (κ3) is 5.46. The highest BCUT2D eigenvalue weighted by atomic mass is 32.2. The third-order valence-electron chi connectivity index (χ3n) is 6.08. The first-order chi connectivity index (χ1) is 16.8. The van der Waals surface area contributed by atoms with E-state index in [1.165, 1.54) is 24.3 Å². The maximum Gasteiger partial charge on any atom is 0.417 e. The van der Waals surface area contributed by atoms with Crippen LogP contribution < -0.4 is 5.32 Å². The fraction of sp³-hybridized carbons (Fsp3) is 0.320. The van der Waals surface area contributed by atoms with Gasteiger partial charge in [0.05, 0.1) is 23.8 Å². The van der Waals surface area contributed by atoms with Gasteiger partial charge < -0.3 is 14.6 Å². The minimum atomic E-state index is -4.56. The van der Waals surface area contributed by atoms with Crippen molar-refractivity contribution >= 4 is 21.4 Å². The standard InChI is InChI=1S/C25H24F4N2O4S/c1-15-16(11-23(32)30-17-7-8-22(21(26)12-17)36(2,33)34)13-31(14-18-9-10-35-18)24(15)19-5-3-4-6-20(19)25(27,28)29/h3-8,12-13,18H,9-11,14H2,1-2H3,(H,30,32). The molecule has 0 bridgehead atoms. The molecule has 1 unspecified atom stereocenters. The van der Waals surface area contributed by atoms with E-state index in [0.29, 0.717) is 30.0 Å². The molecular weight excluding hydrogens is 500 g/mol. The van der Waals surface area contributed by atoms with Crippen molar-refractivity contribution < 1.29 is 35.5 Å². The van der Waals surface area contributed by atoms with Crippen molar-refractivity contribution in [3.63, 3.8) is 0 Å². The van der Waals surface area contributed by atoms with Crippen molar-refractivity contribution in [2.24, 2.45) is 0 Å². The summed E-state index contributed by atoms with van der Waals surface area (Å²) in [4.78, 5) is 12.2. The number of nitrogens with one attached hydrogen (secondary N) is 1. The highest BCUT2D eigenvalue weighted by Crippen LogP contribution is 2.39. The van der Waals surface area contributed by atoms with Crippen LogP contribution in [0.25, 0.3) is 11.3 Å². The van der Waals surface area contributed by atoms with Gasteiger partial charge in [0.2, 0.25) is 5.91 Å². The molecule has 0 spiro atoms. The molecule has 4 rings (SSSR count). The molecule has 3 aromatic rings. The Balaban J connectivity index is 1.65. The van der Waals surface area contributed by atoms with E-state index in [2.05, 4.69) is 5.32 Å². The largest absolute Gasteiger partial charge is 0.417 e. The van der Waals surface area contributed by atoms with Gasteiger partial charge >= 0.3 is 6.18 Å². The highest BCUT2D eigenvalue weighted by Gasteiger charge is 2.35. The Morgan fingerprint density at radius 1 is 1.19 bits per heavy atom. The zero-order chi connectivity index (χ0) is 26.3. The van der Waals surface area contributed by atoms with Gasteiger partial charge in [-0.1, -0.05) is 18.2 Å². The van der Waals surface area contributed by atoms with E-state index in [1.807, 2.05) is 0 Å². The molecule has 1 N–H and O–H groups in total. The second-order valence-corrected chi connectivity index (χ2v) is 10.7. The SMILES string of the molecule is Cc1c(CC(=O)Nc2ccc(S(C)(=O)=O)c(F)c2)cn(CC2CCO2)c1-c1ccccc1C(F)(F)F. The van der Waals surface area contributed by atoms with Gasteiger partial charge in [0, 0.05) is 36.9 Å². The predicted octanol–water partition coefficient (Wildman–Crippen LogP) is 5.00. The summed E-state index contributed by atoms with van der Waals surface area (Å²) in [6.07, 6.45) is -1.58. The summed E-state index contributed by atoms with van der Waals surface area (Å²) in [5.74, 6) is -1.53. The Morgan fingerprint density at radius 3 is 2.47 bits per heavy atom. The third-order valence-corrected chi connectivity index (χ3v) is 7.21. The number of nitrogens with zero attached hydrogens (tertiary/aromatic N) is 1. The highest BCUT2D eigenvalue weighted by molar-refractivity contribution is 7.90. The maximum absolute atomic E-state index is 14.2. The summed E-state index contributed by atoms with van der Waals surface area (Å²) in [5, 5.41) is 2.52. The number of carbonyl (C=O) groups is 1. The second kappa shape index (κ2) is 9.70. The van der Waals surface area contributed by atoms with Crippen LogP contribution in [0.15, 0.2) is 53.6 Å². The van der Waals surface area contributed by atoms with E-state index in [0.717, 1.165) is 30.9 Å². The fourth-order valence-corrected chi connectivity index (χ4v) is 4.97. The minimum absolute atomic E-state index is 0.00640. The lowest BCUT2D eigenvalue weighted by Gasteiger charge is -2.28.